The summed E-state index contributed by atoms with van der Waals surface area (Å²) in [7, 11) is 0. The van der Waals surface area contributed by atoms with E-state index in [1.165, 1.54) is 43.6 Å². The number of aromatic nitrogens is 5. The zero-order valence-electron chi connectivity index (χ0n) is 17.7. The molecule has 2 fully saturated rings. The SMILES string of the molecule is C=c1[nH]c(=O)[nH]/c1=C\c1cnn2c(NC3CC3)cc(-c3ccc(CN4CCCC4)s3)nc12. The number of thiophene rings is 1. The molecule has 1 saturated heterocycles. The predicted molar refractivity (Wildman–Crippen MR) is 127 cm³/mol. The van der Waals surface area contributed by atoms with E-state index in [0.29, 0.717) is 16.7 Å². The Morgan fingerprint density at radius 3 is 2.84 bits per heavy atom. The summed E-state index contributed by atoms with van der Waals surface area (Å²) in [5.74, 6) is 0.944. The van der Waals surface area contributed by atoms with Crippen LogP contribution in [0.2, 0.25) is 0 Å². The summed E-state index contributed by atoms with van der Waals surface area (Å²) in [6.07, 6.45) is 8.60. The van der Waals surface area contributed by atoms with E-state index in [1.807, 2.05) is 21.9 Å². The van der Waals surface area contributed by atoms with E-state index < -0.39 is 0 Å². The molecule has 0 amide bonds. The zero-order valence-corrected chi connectivity index (χ0v) is 18.5. The van der Waals surface area contributed by atoms with Crippen molar-refractivity contribution in [1.29, 1.82) is 0 Å². The molecule has 5 heterocycles. The number of fused-ring (bicyclic) bond motifs is 1. The summed E-state index contributed by atoms with van der Waals surface area (Å²) in [6.45, 7) is 7.29. The Kier molecular flexibility index (Phi) is 4.73. The van der Waals surface area contributed by atoms with Crippen molar-refractivity contribution in [3.8, 4) is 10.6 Å². The second-order valence-electron chi connectivity index (χ2n) is 8.65. The molecule has 9 heteroatoms. The van der Waals surface area contributed by atoms with Crippen molar-refractivity contribution in [2.24, 2.45) is 0 Å². The van der Waals surface area contributed by atoms with Gasteiger partial charge in [0.15, 0.2) is 5.65 Å². The quantitative estimate of drug-likeness (QED) is 0.420. The van der Waals surface area contributed by atoms with Crippen molar-refractivity contribution in [3.63, 3.8) is 0 Å². The molecular weight excluding hydrogens is 422 g/mol. The lowest BCUT2D eigenvalue weighted by Crippen LogP contribution is -2.22. The third-order valence-corrected chi connectivity index (χ3v) is 7.15. The molecule has 1 saturated carbocycles. The minimum atomic E-state index is -0.272. The molecule has 0 spiro atoms. The number of hydrogen-bond acceptors (Lipinski definition) is 6. The van der Waals surface area contributed by atoms with Gasteiger partial charge in [0.2, 0.25) is 0 Å². The maximum Gasteiger partial charge on any atom is 0.323 e. The second kappa shape index (κ2) is 7.75. The third kappa shape index (κ3) is 3.78. The van der Waals surface area contributed by atoms with E-state index >= 15 is 0 Å². The van der Waals surface area contributed by atoms with Crippen LogP contribution in [-0.4, -0.2) is 48.6 Å². The highest BCUT2D eigenvalue weighted by atomic mass is 32.1. The van der Waals surface area contributed by atoms with Gasteiger partial charge in [0, 0.05) is 29.1 Å². The minimum Gasteiger partial charge on any atom is -0.367 e. The van der Waals surface area contributed by atoms with Gasteiger partial charge in [0.25, 0.3) is 0 Å². The number of nitrogens with one attached hydrogen (secondary N) is 3. The van der Waals surface area contributed by atoms with Crippen LogP contribution in [0.4, 0.5) is 5.82 Å². The molecule has 0 radical (unpaired) electrons. The average Bonchev–Trinajstić information content (AvgIpc) is 3.17. The molecule has 0 unspecified atom stereocenters. The van der Waals surface area contributed by atoms with Gasteiger partial charge in [0.1, 0.15) is 5.82 Å². The predicted octanol–water partition coefficient (Wildman–Crippen LogP) is 1.88. The molecule has 164 valence electrons. The fraction of sp³-hybridized carbons (Fsp3) is 0.348. The van der Waals surface area contributed by atoms with Gasteiger partial charge in [-0.1, -0.05) is 6.58 Å². The van der Waals surface area contributed by atoms with Crippen LogP contribution in [-0.2, 0) is 6.54 Å². The Hall–Kier alpha value is -3.17. The summed E-state index contributed by atoms with van der Waals surface area (Å²) in [5, 5.41) is 9.35. The van der Waals surface area contributed by atoms with Crippen LogP contribution >= 0.6 is 11.3 Å². The van der Waals surface area contributed by atoms with Gasteiger partial charge < -0.3 is 15.3 Å². The number of H-pyrrole nitrogens is 2. The Morgan fingerprint density at radius 1 is 1.25 bits per heavy atom. The lowest BCUT2D eigenvalue weighted by molar-refractivity contribution is 0.334. The van der Waals surface area contributed by atoms with Crippen molar-refractivity contribution in [3.05, 3.63) is 56.0 Å². The van der Waals surface area contributed by atoms with Crippen LogP contribution < -0.4 is 21.7 Å². The highest BCUT2D eigenvalue weighted by Gasteiger charge is 2.23. The van der Waals surface area contributed by atoms with Crippen LogP contribution in [0, 0.1) is 0 Å². The molecule has 8 nitrogen and oxygen atoms in total. The standard InChI is InChI=1S/C23H25N7OS/c1-14-18(28-23(31)25-14)10-15-12-24-30-21(26-16-4-5-16)11-19(27-22(15)30)20-7-6-17(32-20)13-29-8-2-3-9-29/h6-7,10-12,16,26H,1-5,8-9,13H2,(H2,25,28,31)/b18-10-. The van der Waals surface area contributed by atoms with E-state index in [4.69, 9.17) is 4.98 Å². The average molecular weight is 448 g/mol. The maximum absolute atomic E-state index is 11.6. The molecular formula is C23H25N7OS. The summed E-state index contributed by atoms with van der Waals surface area (Å²) in [4.78, 5) is 27.1. The number of aromatic amines is 2. The number of hydrogen-bond donors (Lipinski definition) is 3. The van der Waals surface area contributed by atoms with Gasteiger partial charge in [-0.05, 0) is 57.0 Å². The molecule has 1 aliphatic carbocycles. The lowest BCUT2D eigenvalue weighted by atomic mass is 10.2. The molecule has 4 aromatic rings. The monoisotopic (exact) mass is 447 g/mol. The Balaban J connectivity index is 1.43. The highest BCUT2D eigenvalue weighted by molar-refractivity contribution is 7.15. The summed E-state index contributed by atoms with van der Waals surface area (Å²) in [6, 6.07) is 6.99. The Labute approximate surface area is 188 Å². The van der Waals surface area contributed by atoms with E-state index in [2.05, 4.69) is 50.1 Å². The first kappa shape index (κ1) is 19.5. The van der Waals surface area contributed by atoms with Crippen molar-refractivity contribution in [2.75, 3.05) is 18.4 Å². The molecule has 4 aromatic heterocycles. The van der Waals surface area contributed by atoms with Crippen molar-refractivity contribution in [1.82, 2.24) is 29.5 Å². The Morgan fingerprint density at radius 2 is 2.09 bits per heavy atom. The molecule has 1 aliphatic heterocycles. The van der Waals surface area contributed by atoms with Gasteiger partial charge in [-0.3, -0.25) is 4.90 Å². The molecule has 6 rings (SSSR count). The van der Waals surface area contributed by atoms with Gasteiger partial charge in [0.05, 0.1) is 27.5 Å². The van der Waals surface area contributed by atoms with E-state index in [9.17, 15) is 4.79 Å². The van der Waals surface area contributed by atoms with E-state index in [0.717, 1.165) is 34.1 Å². The second-order valence-corrected chi connectivity index (χ2v) is 9.81. The zero-order chi connectivity index (χ0) is 21.7. The first-order chi connectivity index (χ1) is 15.6. The van der Waals surface area contributed by atoms with Crippen LogP contribution in [0.15, 0.2) is 29.2 Å². The topological polar surface area (TPSA) is 94.1 Å². The third-order valence-electron chi connectivity index (χ3n) is 6.06. The molecule has 32 heavy (non-hydrogen) atoms. The van der Waals surface area contributed by atoms with Crippen LogP contribution in [0.3, 0.4) is 0 Å². The largest absolute Gasteiger partial charge is 0.367 e. The van der Waals surface area contributed by atoms with Crippen molar-refractivity contribution < 1.29 is 0 Å². The number of anilines is 1. The maximum atomic E-state index is 11.6. The molecule has 2 aliphatic rings. The number of likely N-dealkylation sites (tertiary alicyclic amines) is 1. The summed E-state index contributed by atoms with van der Waals surface area (Å²) < 4.78 is 1.85. The first-order valence-electron chi connectivity index (χ1n) is 11.1. The number of rotatable bonds is 6. The van der Waals surface area contributed by atoms with Crippen molar-refractivity contribution >= 4 is 35.5 Å². The Bertz CT molecular complexity index is 1450. The van der Waals surface area contributed by atoms with Crippen molar-refractivity contribution in [2.45, 2.75) is 38.3 Å². The summed E-state index contributed by atoms with van der Waals surface area (Å²) >= 11 is 1.81. The lowest BCUT2D eigenvalue weighted by Gasteiger charge is -2.12. The molecule has 0 atom stereocenters. The van der Waals surface area contributed by atoms with Gasteiger partial charge >= 0.3 is 5.69 Å². The van der Waals surface area contributed by atoms with E-state index in [1.54, 1.807) is 6.20 Å². The fourth-order valence-corrected chi connectivity index (χ4v) is 5.23. The fourth-order valence-electron chi connectivity index (χ4n) is 4.22. The van der Waals surface area contributed by atoms with Gasteiger partial charge in [-0.25, -0.2) is 9.78 Å². The number of imidazole rings is 1. The minimum absolute atomic E-state index is 0.272. The molecule has 3 N–H and O–H groups in total. The van der Waals surface area contributed by atoms with Crippen LogP contribution in [0.1, 0.15) is 36.1 Å². The van der Waals surface area contributed by atoms with Crippen LogP contribution in [0.5, 0.6) is 0 Å². The van der Waals surface area contributed by atoms with Gasteiger partial charge in [-0.2, -0.15) is 9.61 Å². The highest BCUT2D eigenvalue weighted by Crippen LogP contribution is 2.32. The van der Waals surface area contributed by atoms with E-state index in [-0.39, 0.29) is 5.69 Å². The first-order valence-corrected chi connectivity index (χ1v) is 11.9. The number of nitrogens with zero attached hydrogens (tertiary/aromatic N) is 4. The molecule has 0 aromatic carbocycles. The summed E-state index contributed by atoms with van der Waals surface area (Å²) in [5.41, 5.74) is 2.25. The van der Waals surface area contributed by atoms with Gasteiger partial charge in [-0.15, -0.1) is 11.3 Å². The molecule has 0 bridgehead atoms. The normalized spacial score (nSPS) is 17.6. The van der Waals surface area contributed by atoms with Crippen LogP contribution in [0.25, 0.3) is 28.9 Å². The smallest absolute Gasteiger partial charge is 0.323 e.